The van der Waals surface area contributed by atoms with Crippen molar-refractivity contribution in [3.63, 3.8) is 0 Å². The molecule has 166 valence electrons. The fourth-order valence-corrected chi connectivity index (χ4v) is 3.24. The fraction of sp³-hybridized carbons (Fsp3) is 0.0435. The summed E-state index contributed by atoms with van der Waals surface area (Å²) in [5.74, 6) is -0.283. The number of thiocarbonyl (C=S) groups is 1. The van der Waals surface area contributed by atoms with Crippen LogP contribution in [-0.2, 0) is 4.74 Å². The van der Waals surface area contributed by atoms with Crippen molar-refractivity contribution in [1.82, 2.24) is 5.32 Å². The molecule has 9 nitrogen and oxygen atoms in total. The van der Waals surface area contributed by atoms with Gasteiger partial charge >= 0.3 is 6.09 Å². The Bertz CT molecular complexity index is 1260. The maximum Gasteiger partial charge on any atom is 0.413 e. The molecule has 0 atom stereocenters. The number of para-hydroxylation sites is 1. The molecule has 3 aromatic rings. The molecule has 0 aliphatic rings. The quantitative estimate of drug-likeness (QED) is 0.163. The van der Waals surface area contributed by atoms with Gasteiger partial charge in [-0.15, -0.1) is 0 Å². The van der Waals surface area contributed by atoms with E-state index in [-0.39, 0.29) is 44.7 Å². The van der Waals surface area contributed by atoms with Crippen LogP contribution in [0.3, 0.4) is 0 Å². The smallest absolute Gasteiger partial charge is 0.413 e. The molecule has 3 aromatic carbocycles. The topological polar surface area (TPSA) is 134 Å². The third kappa shape index (κ3) is 5.43. The Hall–Kier alpha value is -4.44. The molecule has 0 radical (unpaired) electrons. The lowest BCUT2D eigenvalue weighted by Crippen LogP contribution is -2.34. The number of anilines is 1. The maximum absolute atomic E-state index is 13.0. The summed E-state index contributed by atoms with van der Waals surface area (Å²) in [6, 6.07) is 18.9. The predicted molar refractivity (Wildman–Crippen MR) is 127 cm³/mol. The van der Waals surface area contributed by atoms with Crippen LogP contribution in [0.15, 0.2) is 72.8 Å². The van der Waals surface area contributed by atoms with E-state index in [4.69, 9.17) is 17.6 Å². The van der Waals surface area contributed by atoms with Crippen LogP contribution in [0.4, 0.5) is 16.2 Å². The number of nitro groups is 1. The van der Waals surface area contributed by atoms with E-state index < -0.39 is 11.0 Å². The van der Waals surface area contributed by atoms with Crippen molar-refractivity contribution in [2.45, 2.75) is 0 Å². The van der Waals surface area contributed by atoms with Gasteiger partial charge in [-0.25, -0.2) is 4.79 Å². The van der Waals surface area contributed by atoms with Crippen molar-refractivity contribution in [3.8, 4) is 0 Å². The second kappa shape index (κ2) is 10.2. The highest BCUT2D eigenvalue weighted by Crippen LogP contribution is 2.27. The van der Waals surface area contributed by atoms with Gasteiger partial charge in [0.05, 0.1) is 23.3 Å². The van der Waals surface area contributed by atoms with Crippen LogP contribution in [0.25, 0.3) is 0 Å². The number of nitro benzene ring substituents is 1. The third-order valence-corrected chi connectivity index (χ3v) is 4.81. The van der Waals surface area contributed by atoms with Gasteiger partial charge < -0.3 is 10.1 Å². The van der Waals surface area contributed by atoms with Gasteiger partial charge in [-0.05, 0) is 36.5 Å². The van der Waals surface area contributed by atoms with Gasteiger partial charge in [0.1, 0.15) is 0 Å². The average Bonchev–Trinajstić information content (AvgIpc) is 2.83. The van der Waals surface area contributed by atoms with Gasteiger partial charge in [0, 0.05) is 28.4 Å². The van der Waals surface area contributed by atoms with E-state index in [2.05, 4.69) is 15.4 Å². The first-order valence-electron chi connectivity index (χ1n) is 9.54. The van der Waals surface area contributed by atoms with E-state index in [1.165, 1.54) is 43.5 Å². The number of nitrogens with zero attached hydrogens (tertiary/aromatic N) is 1. The number of ketones is 1. The van der Waals surface area contributed by atoms with Crippen molar-refractivity contribution < 1.29 is 19.2 Å². The number of rotatable bonds is 6. The highest BCUT2D eigenvalue weighted by atomic mass is 32.1. The number of benzene rings is 3. The largest absolute Gasteiger partial charge is 0.453 e. The first kappa shape index (κ1) is 23.2. The molecule has 1 amide bonds. The maximum atomic E-state index is 13.0. The van der Waals surface area contributed by atoms with Crippen molar-refractivity contribution in [1.29, 1.82) is 5.41 Å². The van der Waals surface area contributed by atoms with Gasteiger partial charge in [0.15, 0.2) is 10.9 Å². The summed E-state index contributed by atoms with van der Waals surface area (Å²) in [5.41, 5.74) is 0.768. The Kier molecular flexibility index (Phi) is 7.21. The molecule has 0 spiro atoms. The zero-order valence-electron chi connectivity index (χ0n) is 17.3. The number of ether oxygens (including phenoxy) is 1. The Morgan fingerprint density at radius 2 is 1.64 bits per heavy atom. The second-order valence-electron chi connectivity index (χ2n) is 6.68. The molecule has 0 saturated carbocycles. The minimum Gasteiger partial charge on any atom is -0.453 e. The van der Waals surface area contributed by atoms with Crippen molar-refractivity contribution in [2.75, 3.05) is 12.4 Å². The number of methoxy groups -OCH3 is 1. The van der Waals surface area contributed by atoms with Crippen LogP contribution in [0.1, 0.15) is 27.0 Å². The summed E-state index contributed by atoms with van der Waals surface area (Å²) in [5, 5.41) is 25.1. The van der Waals surface area contributed by atoms with Crippen molar-refractivity contribution >= 4 is 46.3 Å². The lowest BCUT2D eigenvalue weighted by molar-refractivity contribution is -0.385. The SMILES string of the molecule is COC(=O)NC(=S)Nc1ccc(C(=O)c2ccccc2)cc1C(=N)c1ccccc1[N+](=O)[O-]. The van der Waals surface area contributed by atoms with Crippen LogP contribution >= 0.6 is 12.2 Å². The number of hydrogen-bond acceptors (Lipinski definition) is 7. The lowest BCUT2D eigenvalue weighted by Gasteiger charge is -2.15. The summed E-state index contributed by atoms with van der Waals surface area (Å²) in [7, 11) is 1.18. The first-order chi connectivity index (χ1) is 15.8. The molecule has 33 heavy (non-hydrogen) atoms. The van der Waals surface area contributed by atoms with E-state index >= 15 is 0 Å². The average molecular weight is 462 g/mol. The number of carbonyl (C=O) groups excluding carboxylic acids is 2. The normalized spacial score (nSPS) is 10.1. The molecule has 0 heterocycles. The molecule has 0 fully saturated rings. The molecule has 0 bridgehead atoms. The minimum atomic E-state index is -0.793. The summed E-state index contributed by atoms with van der Waals surface area (Å²) < 4.78 is 4.51. The zero-order chi connectivity index (χ0) is 24.0. The van der Waals surface area contributed by atoms with E-state index in [0.29, 0.717) is 5.56 Å². The minimum absolute atomic E-state index is 0.0571. The Balaban J connectivity index is 2.08. The second-order valence-corrected chi connectivity index (χ2v) is 7.08. The van der Waals surface area contributed by atoms with E-state index in [0.717, 1.165) is 0 Å². The van der Waals surface area contributed by atoms with E-state index in [1.54, 1.807) is 36.4 Å². The summed E-state index contributed by atoms with van der Waals surface area (Å²) in [4.78, 5) is 35.3. The monoisotopic (exact) mass is 462 g/mol. The summed E-state index contributed by atoms with van der Waals surface area (Å²) >= 11 is 5.10. The third-order valence-electron chi connectivity index (χ3n) is 4.61. The number of nitrogens with one attached hydrogen (secondary N) is 3. The van der Waals surface area contributed by atoms with Crippen molar-refractivity contribution in [2.24, 2.45) is 0 Å². The molecule has 10 heteroatoms. The van der Waals surface area contributed by atoms with Gasteiger partial charge in [-0.2, -0.15) is 0 Å². The number of carbonyl (C=O) groups is 2. The van der Waals surface area contributed by atoms with Gasteiger partial charge in [-0.1, -0.05) is 42.5 Å². The summed E-state index contributed by atoms with van der Waals surface area (Å²) in [6.07, 6.45) is -0.793. The molecule has 0 aromatic heterocycles. The molecule has 3 rings (SSSR count). The molecule has 0 saturated heterocycles. The van der Waals surface area contributed by atoms with Crippen LogP contribution in [-0.4, -0.2) is 34.7 Å². The fourth-order valence-electron chi connectivity index (χ4n) is 3.04. The van der Waals surface area contributed by atoms with Crippen molar-refractivity contribution in [3.05, 3.63) is 105 Å². The number of hydrogen-bond donors (Lipinski definition) is 3. The molecule has 0 unspecified atom stereocenters. The molecular formula is C23H18N4O5S. The van der Waals surface area contributed by atoms with Crippen LogP contribution in [0, 0.1) is 15.5 Å². The highest BCUT2D eigenvalue weighted by molar-refractivity contribution is 7.80. The standard InChI is InChI=1S/C23H18N4O5S/c1-32-23(29)26-22(33)25-18-12-11-15(21(28)14-7-3-2-4-8-14)13-17(18)20(24)16-9-5-6-10-19(16)27(30)31/h2-13,24H,1H3,(H2,25,26,29,33). The molecule has 0 aliphatic heterocycles. The Morgan fingerprint density at radius 1 is 0.970 bits per heavy atom. The van der Waals surface area contributed by atoms with Crippen LogP contribution < -0.4 is 10.6 Å². The number of amides is 1. The predicted octanol–water partition coefficient (Wildman–Crippen LogP) is 4.29. The lowest BCUT2D eigenvalue weighted by atomic mass is 9.94. The van der Waals surface area contributed by atoms with Crippen LogP contribution in [0.2, 0.25) is 0 Å². The Morgan fingerprint density at radius 3 is 2.30 bits per heavy atom. The first-order valence-corrected chi connectivity index (χ1v) is 9.95. The van der Waals surface area contributed by atoms with Gasteiger partial charge in [0.2, 0.25) is 0 Å². The molecular weight excluding hydrogens is 444 g/mol. The van der Waals surface area contributed by atoms with Gasteiger partial charge in [0.25, 0.3) is 5.69 Å². The highest BCUT2D eigenvalue weighted by Gasteiger charge is 2.22. The number of alkyl carbamates (subject to hydrolysis) is 1. The molecule has 3 N–H and O–H groups in total. The zero-order valence-corrected chi connectivity index (χ0v) is 18.1. The Labute approximate surface area is 194 Å². The molecule has 0 aliphatic carbocycles. The van der Waals surface area contributed by atoms with Crippen LogP contribution in [0.5, 0.6) is 0 Å². The van der Waals surface area contributed by atoms with Gasteiger partial charge in [-0.3, -0.25) is 25.6 Å². The van der Waals surface area contributed by atoms with E-state index in [1.807, 2.05) is 0 Å². The summed E-state index contributed by atoms with van der Waals surface area (Å²) in [6.45, 7) is 0. The van der Waals surface area contributed by atoms with E-state index in [9.17, 15) is 19.7 Å².